The lowest BCUT2D eigenvalue weighted by Crippen LogP contribution is -2.15. The van der Waals surface area contributed by atoms with E-state index in [9.17, 15) is 12.8 Å². The minimum atomic E-state index is -4.00. The first-order chi connectivity index (χ1) is 7.95. The van der Waals surface area contributed by atoms with Crippen LogP contribution < -0.4 is 9.88 Å². The second-order valence-electron chi connectivity index (χ2n) is 3.18. The second-order valence-corrected chi connectivity index (χ2v) is 4.71. The topological polar surface area (TPSA) is 78.6 Å². The zero-order valence-corrected chi connectivity index (χ0v) is 10.2. The number of hydrogen-bond acceptors (Lipinski definition) is 4. The Kier molecular flexibility index (Phi) is 4.86. The molecule has 0 bridgehead atoms. The zero-order chi connectivity index (χ0) is 12.9. The molecule has 96 valence electrons. The number of ether oxygens (including phenoxy) is 2. The van der Waals surface area contributed by atoms with Gasteiger partial charge in [0.05, 0.1) is 6.61 Å². The molecule has 7 heteroatoms. The highest BCUT2D eigenvalue weighted by atomic mass is 32.2. The molecule has 0 heterocycles. The summed E-state index contributed by atoms with van der Waals surface area (Å²) in [7, 11) is -4.00. The van der Waals surface area contributed by atoms with Gasteiger partial charge in [-0.2, -0.15) is 0 Å². The molecule has 1 aromatic rings. The molecule has 0 aromatic heterocycles. The summed E-state index contributed by atoms with van der Waals surface area (Å²) in [6.45, 7) is 2.85. The van der Waals surface area contributed by atoms with E-state index < -0.39 is 15.8 Å². The molecule has 17 heavy (non-hydrogen) atoms. The van der Waals surface area contributed by atoms with Crippen LogP contribution in [-0.2, 0) is 14.8 Å². The standard InChI is InChI=1S/C10H14FNO4S/c1-2-15-5-6-16-9-4-3-8(11)7-10(9)17(12,13)14/h3-4,7H,2,5-6H2,1H3,(H2,12,13,14). The summed E-state index contributed by atoms with van der Waals surface area (Å²) < 4.78 is 45.5. The van der Waals surface area contributed by atoms with E-state index in [-0.39, 0.29) is 17.3 Å². The van der Waals surface area contributed by atoms with Crippen LogP contribution in [0.2, 0.25) is 0 Å². The molecule has 2 N–H and O–H groups in total. The van der Waals surface area contributed by atoms with Crippen LogP contribution in [0.1, 0.15) is 6.92 Å². The molecule has 0 fully saturated rings. The number of primary sulfonamides is 1. The molecule has 0 radical (unpaired) electrons. The maximum absolute atomic E-state index is 12.9. The van der Waals surface area contributed by atoms with E-state index in [0.717, 1.165) is 12.1 Å². The molecule has 0 unspecified atom stereocenters. The molecule has 0 atom stereocenters. The molecule has 0 aliphatic carbocycles. The SMILES string of the molecule is CCOCCOc1ccc(F)cc1S(N)(=O)=O. The van der Waals surface area contributed by atoms with Crippen molar-refractivity contribution in [2.45, 2.75) is 11.8 Å². The molecule has 0 saturated heterocycles. The average Bonchev–Trinajstić information content (AvgIpc) is 2.25. The van der Waals surface area contributed by atoms with Gasteiger partial charge >= 0.3 is 0 Å². The lowest BCUT2D eigenvalue weighted by atomic mass is 10.3. The van der Waals surface area contributed by atoms with Crippen molar-refractivity contribution >= 4 is 10.0 Å². The van der Waals surface area contributed by atoms with Gasteiger partial charge in [-0.1, -0.05) is 0 Å². The number of hydrogen-bond donors (Lipinski definition) is 1. The van der Waals surface area contributed by atoms with Crippen molar-refractivity contribution in [1.29, 1.82) is 0 Å². The third-order valence-electron chi connectivity index (χ3n) is 1.90. The van der Waals surface area contributed by atoms with Gasteiger partial charge in [0.15, 0.2) is 0 Å². The van der Waals surface area contributed by atoms with Crippen molar-refractivity contribution in [2.24, 2.45) is 5.14 Å². The maximum atomic E-state index is 12.9. The van der Waals surface area contributed by atoms with Crippen molar-refractivity contribution in [3.8, 4) is 5.75 Å². The van der Waals surface area contributed by atoms with Crippen LogP contribution in [0.5, 0.6) is 5.75 Å². The first-order valence-corrected chi connectivity index (χ1v) is 6.52. The Labute approximate surface area is 99.4 Å². The van der Waals surface area contributed by atoms with Crippen LogP contribution in [0.4, 0.5) is 4.39 Å². The van der Waals surface area contributed by atoms with Crippen molar-refractivity contribution in [1.82, 2.24) is 0 Å². The summed E-state index contributed by atoms with van der Waals surface area (Å²) in [5, 5.41) is 4.95. The third kappa shape index (κ3) is 4.29. The van der Waals surface area contributed by atoms with E-state index in [0.29, 0.717) is 13.2 Å². The van der Waals surface area contributed by atoms with Crippen LogP contribution in [0, 0.1) is 5.82 Å². The van der Waals surface area contributed by atoms with Gasteiger partial charge in [-0.05, 0) is 25.1 Å². The normalized spacial score (nSPS) is 11.5. The Morgan fingerprint density at radius 1 is 1.35 bits per heavy atom. The summed E-state index contributed by atoms with van der Waals surface area (Å²) in [4.78, 5) is -0.367. The molecule has 1 rings (SSSR count). The van der Waals surface area contributed by atoms with Crippen LogP contribution in [-0.4, -0.2) is 28.2 Å². The van der Waals surface area contributed by atoms with E-state index >= 15 is 0 Å². The predicted octanol–water partition coefficient (Wildman–Crippen LogP) is 0.888. The van der Waals surface area contributed by atoms with Gasteiger partial charge in [-0.15, -0.1) is 0 Å². The fourth-order valence-electron chi connectivity index (χ4n) is 1.18. The molecule has 0 aliphatic heterocycles. The minimum absolute atomic E-state index is 0.0219. The molecular formula is C10H14FNO4S. The van der Waals surface area contributed by atoms with Gasteiger partial charge in [0, 0.05) is 6.61 Å². The highest BCUT2D eigenvalue weighted by molar-refractivity contribution is 7.89. The second kappa shape index (κ2) is 5.95. The van der Waals surface area contributed by atoms with E-state index in [4.69, 9.17) is 14.6 Å². The van der Waals surface area contributed by atoms with Crippen molar-refractivity contribution < 1.29 is 22.3 Å². The van der Waals surface area contributed by atoms with Gasteiger partial charge in [-0.25, -0.2) is 17.9 Å². The number of halogens is 1. The van der Waals surface area contributed by atoms with Gasteiger partial charge in [0.2, 0.25) is 10.0 Å². The third-order valence-corrected chi connectivity index (χ3v) is 2.83. The summed E-state index contributed by atoms with van der Waals surface area (Å²) in [5.41, 5.74) is 0. The van der Waals surface area contributed by atoms with Crippen LogP contribution in [0.3, 0.4) is 0 Å². The van der Waals surface area contributed by atoms with E-state index in [2.05, 4.69) is 0 Å². The number of benzene rings is 1. The summed E-state index contributed by atoms with van der Waals surface area (Å²) >= 11 is 0. The Balaban J connectivity index is 2.84. The van der Waals surface area contributed by atoms with Gasteiger partial charge in [0.1, 0.15) is 23.1 Å². The largest absolute Gasteiger partial charge is 0.490 e. The van der Waals surface area contributed by atoms with E-state index in [1.807, 2.05) is 6.92 Å². The van der Waals surface area contributed by atoms with Gasteiger partial charge in [0.25, 0.3) is 0 Å². The minimum Gasteiger partial charge on any atom is -0.490 e. The molecule has 0 amide bonds. The molecule has 0 spiro atoms. The van der Waals surface area contributed by atoms with Gasteiger partial charge < -0.3 is 9.47 Å². The van der Waals surface area contributed by atoms with E-state index in [1.54, 1.807) is 0 Å². The Bertz CT molecular complexity index is 475. The molecule has 5 nitrogen and oxygen atoms in total. The highest BCUT2D eigenvalue weighted by Crippen LogP contribution is 2.23. The molecule has 1 aromatic carbocycles. The monoisotopic (exact) mass is 263 g/mol. The highest BCUT2D eigenvalue weighted by Gasteiger charge is 2.16. The first-order valence-electron chi connectivity index (χ1n) is 4.98. The predicted molar refractivity (Wildman–Crippen MR) is 59.8 cm³/mol. The summed E-state index contributed by atoms with van der Waals surface area (Å²) in [6.07, 6.45) is 0. The lowest BCUT2D eigenvalue weighted by Gasteiger charge is -2.10. The lowest BCUT2D eigenvalue weighted by molar-refractivity contribution is 0.109. The number of nitrogens with two attached hydrogens (primary N) is 1. The fourth-order valence-corrected chi connectivity index (χ4v) is 1.86. The van der Waals surface area contributed by atoms with Crippen molar-refractivity contribution in [3.05, 3.63) is 24.0 Å². The summed E-state index contributed by atoms with van der Waals surface area (Å²) in [6, 6.07) is 3.15. The maximum Gasteiger partial charge on any atom is 0.241 e. The van der Waals surface area contributed by atoms with Crippen LogP contribution in [0.15, 0.2) is 23.1 Å². The first kappa shape index (κ1) is 13.9. The molecular weight excluding hydrogens is 249 g/mol. The smallest absolute Gasteiger partial charge is 0.241 e. The number of rotatable bonds is 6. The van der Waals surface area contributed by atoms with Crippen LogP contribution in [0.25, 0.3) is 0 Å². The zero-order valence-electron chi connectivity index (χ0n) is 9.35. The number of sulfonamides is 1. The molecule has 0 saturated carbocycles. The fraction of sp³-hybridized carbons (Fsp3) is 0.400. The van der Waals surface area contributed by atoms with E-state index in [1.165, 1.54) is 6.07 Å². The van der Waals surface area contributed by atoms with Crippen molar-refractivity contribution in [3.63, 3.8) is 0 Å². The quantitative estimate of drug-likeness (QED) is 0.773. The average molecular weight is 263 g/mol. The Morgan fingerprint density at radius 3 is 2.65 bits per heavy atom. The van der Waals surface area contributed by atoms with Crippen molar-refractivity contribution in [2.75, 3.05) is 19.8 Å². The Hall–Kier alpha value is -1.18. The van der Waals surface area contributed by atoms with Crippen LogP contribution >= 0.6 is 0 Å². The molecule has 0 aliphatic rings. The summed E-state index contributed by atoms with van der Waals surface area (Å²) in [5.74, 6) is -0.667. The Morgan fingerprint density at radius 2 is 2.06 bits per heavy atom. The van der Waals surface area contributed by atoms with Gasteiger partial charge in [-0.3, -0.25) is 0 Å².